The summed E-state index contributed by atoms with van der Waals surface area (Å²) in [4.78, 5) is 22.5. The van der Waals surface area contributed by atoms with Crippen LogP contribution in [0.25, 0.3) is 0 Å². The van der Waals surface area contributed by atoms with Crippen LogP contribution in [0.15, 0.2) is 0 Å². The van der Waals surface area contributed by atoms with Crippen LogP contribution in [-0.4, -0.2) is 28.7 Å². The van der Waals surface area contributed by atoms with E-state index in [4.69, 9.17) is 11.5 Å². The summed E-state index contributed by atoms with van der Waals surface area (Å²) in [5, 5.41) is 14.1. The fourth-order valence-electron chi connectivity index (χ4n) is 1.63. The van der Waals surface area contributed by atoms with Gasteiger partial charge in [0.1, 0.15) is 5.54 Å². The number of nitrogens with one attached hydrogen (secondary N) is 2. The molecule has 0 aromatic carbocycles. The number of amides is 2. The van der Waals surface area contributed by atoms with Crippen LogP contribution in [0.3, 0.4) is 0 Å². The van der Waals surface area contributed by atoms with E-state index in [-0.39, 0.29) is 6.04 Å². The van der Waals surface area contributed by atoms with E-state index < -0.39 is 17.5 Å². The number of terminal acetylenes is 1. The molecule has 1 aliphatic rings. The number of carboxylic acid groups (broad SMARTS) is 1. The van der Waals surface area contributed by atoms with Crippen LogP contribution in [0.4, 0.5) is 4.79 Å². The minimum Gasteiger partial charge on any atom is -0.480 e. The van der Waals surface area contributed by atoms with Crippen molar-refractivity contribution in [1.29, 1.82) is 0 Å². The van der Waals surface area contributed by atoms with Crippen molar-refractivity contribution in [1.82, 2.24) is 10.6 Å². The molecule has 3 N–H and O–H groups in total. The van der Waals surface area contributed by atoms with Crippen molar-refractivity contribution in [3.05, 3.63) is 0 Å². The maximum Gasteiger partial charge on any atom is 0.329 e. The number of hydrogen-bond acceptors (Lipinski definition) is 2. The molecule has 0 bridgehead atoms. The average Bonchev–Trinajstić information content (AvgIpc) is 2.10. The quantitative estimate of drug-likeness (QED) is 0.615. The third-order valence-electron chi connectivity index (χ3n) is 2.77. The van der Waals surface area contributed by atoms with Gasteiger partial charge in [0.2, 0.25) is 0 Å². The second-order valence-corrected chi connectivity index (χ2v) is 4.15. The second-order valence-electron chi connectivity index (χ2n) is 4.15. The largest absolute Gasteiger partial charge is 0.480 e. The van der Waals surface area contributed by atoms with Crippen molar-refractivity contribution >= 4 is 12.0 Å². The highest BCUT2D eigenvalue weighted by Crippen LogP contribution is 2.31. The van der Waals surface area contributed by atoms with Crippen LogP contribution in [0.1, 0.15) is 32.6 Å². The molecule has 0 heterocycles. The topological polar surface area (TPSA) is 78.4 Å². The van der Waals surface area contributed by atoms with Gasteiger partial charge in [0.15, 0.2) is 0 Å². The maximum absolute atomic E-state index is 11.5. The summed E-state index contributed by atoms with van der Waals surface area (Å²) in [6, 6.07) is -0.624. The van der Waals surface area contributed by atoms with Crippen LogP contribution < -0.4 is 10.6 Å². The summed E-state index contributed by atoms with van der Waals surface area (Å²) in [6.07, 6.45) is 7.32. The van der Waals surface area contributed by atoms with Gasteiger partial charge in [-0.05, 0) is 26.2 Å². The summed E-state index contributed by atoms with van der Waals surface area (Å²) < 4.78 is 0. The first-order valence-corrected chi connectivity index (χ1v) is 5.26. The number of rotatable bonds is 4. The van der Waals surface area contributed by atoms with Crippen LogP contribution in [0.2, 0.25) is 0 Å². The lowest BCUT2D eigenvalue weighted by Crippen LogP contribution is -2.61. The van der Waals surface area contributed by atoms with Crippen molar-refractivity contribution in [3.63, 3.8) is 0 Å². The average molecular weight is 224 g/mol. The Hall–Kier alpha value is -1.70. The van der Waals surface area contributed by atoms with E-state index >= 15 is 0 Å². The van der Waals surface area contributed by atoms with Crippen molar-refractivity contribution in [3.8, 4) is 12.3 Å². The van der Waals surface area contributed by atoms with Crippen LogP contribution in [0, 0.1) is 12.3 Å². The summed E-state index contributed by atoms with van der Waals surface area (Å²) in [7, 11) is 0. The van der Waals surface area contributed by atoms with Gasteiger partial charge in [-0.2, -0.15) is 0 Å². The number of hydrogen-bond donors (Lipinski definition) is 3. The first-order chi connectivity index (χ1) is 7.50. The Morgan fingerprint density at radius 2 is 2.19 bits per heavy atom. The Labute approximate surface area is 94.6 Å². The molecule has 5 nitrogen and oxygen atoms in total. The number of carbonyl (C=O) groups is 2. The highest BCUT2D eigenvalue weighted by atomic mass is 16.4. The highest BCUT2D eigenvalue weighted by Gasteiger charge is 2.45. The lowest BCUT2D eigenvalue weighted by atomic mass is 9.77. The zero-order chi connectivity index (χ0) is 12.2. The molecule has 0 aromatic rings. The first-order valence-electron chi connectivity index (χ1n) is 5.26. The minimum absolute atomic E-state index is 0.157. The predicted octanol–water partition coefficient (Wildman–Crippen LogP) is 0.705. The van der Waals surface area contributed by atoms with Crippen molar-refractivity contribution in [2.45, 2.75) is 44.2 Å². The summed E-state index contributed by atoms with van der Waals surface area (Å²) >= 11 is 0. The van der Waals surface area contributed by atoms with Crippen LogP contribution in [-0.2, 0) is 4.79 Å². The minimum atomic E-state index is -1.07. The van der Waals surface area contributed by atoms with E-state index in [1.807, 2.05) is 0 Å². The van der Waals surface area contributed by atoms with Gasteiger partial charge in [-0.1, -0.05) is 0 Å². The fourth-order valence-corrected chi connectivity index (χ4v) is 1.63. The number of carbonyl (C=O) groups excluding carboxylic acids is 1. The van der Waals surface area contributed by atoms with E-state index in [1.54, 1.807) is 6.92 Å². The summed E-state index contributed by atoms with van der Waals surface area (Å²) in [6.45, 7) is 1.77. The van der Waals surface area contributed by atoms with E-state index in [0.29, 0.717) is 19.3 Å². The fraction of sp³-hybridized carbons (Fsp3) is 0.636. The molecule has 1 rings (SSSR count). The van der Waals surface area contributed by atoms with Gasteiger partial charge in [-0.25, -0.2) is 9.59 Å². The molecule has 1 aliphatic carbocycles. The normalized spacial score (nSPS) is 18.8. The predicted molar refractivity (Wildman–Crippen MR) is 58.8 cm³/mol. The third-order valence-corrected chi connectivity index (χ3v) is 2.77. The molecule has 0 spiro atoms. The lowest BCUT2D eigenvalue weighted by molar-refractivity contribution is -0.148. The Morgan fingerprint density at radius 1 is 1.56 bits per heavy atom. The van der Waals surface area contributed by atoms with Crippen LogP contribution in [0.5, 0.6) is 0 Å². The molecule has 16 heavy (non-hydrogen) atoms. The number of carboxylic acids is 1. The van der Waals surface area contributed by atoms with Crippen molar-refractivity contribution < 1.29 is 14.7 Å². The van der Waals surface area contributed by atoms with Crippen molar-refractivity contribution in [2.24, 2.45) is 0 Å². The first kappa shape index (κ1) is 12.4. The van der Waals surface area contributed by atoms with Gasteiger partial charge in [0.25, 0.3) is 0 Å². The molecule has 2 amide bonds. The Morgan fingerprint density at radius 3 is 2.56 bits per heavy atom. The zero-order valence-electron chi connectivity index (χ0n) is 9.25. The highest BCUT2D eigenvalue weighted by molar-refractivity contribution is 5.87. The Kier molecular flexibility index (Phi) is 3.78. The van der Waals surface area contributed by atoms with E-state index in [2.05, 4.69) is 16.6 Å². The second kappa shape index (κ2) is 4.88. The molecule has 1 atom stereocenters. The summed E-state index contributed by atoms with van der Waals surface area (Å²) in [5.74, 6) is 1.45. The third kappa shape index (κ3) is 2.66. The van der Waals surface area contributed by atoms with Gasteiger partial charge in [0.05, 0.1) is 0 Å². The van der Waals surface area contributed by atoms with Crippen LogP contribution >= 0.6 is 0 Å². The molecule has 0 aliphatic heterocycles. The monoisotopic (exact) mass is 224 g/mol. The molecule has 5 heteroatoms. The maximum atomic E-state index is 11.5. The molecule has 0 saturated heterocycles. The molecule has 1 saturated carbocycles. The standard InChI is InChI=1S/C11H16N2O3/c1-3-5-8(2)12-10(16)13-11(9(14)15)6-4-7-11/h1,8H,4-7H2,2H3,(H,14,15)(H2,12,13,16). The number of urea groups is 1. The van der Waals surface area contributed by atoms with E-state index in [0.717, 1.165) is 6.42 Å². The van der Waals surface area contributed by atoms with E-state index in [9.17, 15) is 9.59 Å². The van der Waals surface area contributed by atoms with Gasteiger partial charge >= 0.3 is 12.0 Å². The van der Waals surface area contributed by atoms with Gasteiger partial charge < -0.3 is 15.7 Å². The SMILES string of the molecule is C#CCC(C)NC(=O)NC1(C(=O)O)CCC1. The molecular formula is C11H16N2O3. The smallest absolute Gasteiger partial charge is 0.329 e. The van der Waals surface area contributed by atoms with Gasteiger partial charge in [0, 0.05) is 12.5 Å². The van der Waals surface area contributed by atoms with Gasteiger partial charge in [-0.3, -0.25) is 0 Å². The molecule has 0 radical (unpaired) electrons. The molecule has 88 valence electrons. The van der Waals surface area contributed by atoms with Gasteiger partial charge in [-0.15, -0.1) is 12.3 Å². The molecule has 0 aromatic heterocycles. The molecule has 1 unspecified atom stereocenters. The Balaban J connectivity index is 2.45. The Bertz CT molecular complexity index is 329. The van der Waals surface area contributed by atoms with E-state index in [1.165, 1.54) is 0 Å². The van der Waals surface area contributed by atoms with Crippen molar-refractivity contribution in [2.75, 3.05) is 0 Å². The number of aliphatic carboxylic acids is 1. The summed E-state index contributed by atoms with van der Waals surface area (Å²) in [5.41, 5.74) is -1.07. The molecular weight excluding hydrogens is 208 g/mol. The lowest BCUT2D eigenvalue weighted by Gasteiger charge is -2.38. The molecule has 1 fully saturated rings. The zero-order valence-corrected chi connectivity index (χ0v) is 9.25.